The minimum atomic E-state index is -0.526. The molecule has 6 nitrogen and oxygen atoms in total. The van der Waals surface area contributed by atoms with E-state index in [-0.39, 0.29) is 0 Å². The Balaban J connectivity index is 1.46. The van der Waals surface area contributed by atoms with E-state index in [1.807, 2.05) is 24.5 Å². The van der Waals surface area contributed by atoms with Gasteiger partial charge in [-0.1, -0.05) is 84.5 Å². The molecule has 0 saturated carbocycles. The zero-order valence-corrected chi connectivity index (χ0v) is 24.9. The average molecular weight is 556 g/mol. The van der Waals surface area contributed by atoms with Crippen molar-refractivity contribution in [3.8, 4) is 29.0 Å². The van der Waals surface area contributed by atoms with Crippen molar-refractivity contribution in [3.63, 3.8) is 0 Å². The minimum absolute atomic E-state index is 0.302. The Labute approximate surface area is 246 Å². The van der Waals surface area contributed by atoms with Crippen LogP contribution in [0.2, 0.25) is 0 Å². The third kappa shape index (κ3) is 11.4. The molecule has 0 aliphatic carbocycles. The lowest BCUT2D eigenvalue weighted by Gasteiger charge is -2.10. The van der Waals surface area contributed by atoms with Crippen molar-refractivity contribution < 1.29 is 14.3 Å². The molecule has 0 fully saturated rings. The Morgan fingerprint density at radius 3 is 2.02 bits per heavy atom. The molecule has 6 heteroatoms. The second-order valence-corrected chi connectivity index (χ2v) is 10.6. The number of benzene rings is 2. The third-order valence-corrected chi connectivity index (χ3v) is 7.19. The van der Waals surface area contributed by atoms with Gasteiger partial charge in [0.05, 0.1) is 17.7 Å². The maximum atomic E-state index is 12.7. The number of nitriles is 1. The molecule has 1 aromatic heterocycles. The summed E-state index contributed by atoms with van der Waals surface area (Å²) < 4.78 is 11.3. The van der Waals surface area contributed by atoms with Crippen LogP contribution < -0.4 is 9.47 Å². The number of aryl methyl sites for hydroxylation is 1. The van der Waals surface area contributed by atoms with Gasteiger partial charge in [0.25, 0.3) is 0 Å². The summed E-state index contributed by atoms with van der Waals surface area (Å²) in [6.07, 6.45) is 20.9. The quantitative estimate of drug-likeness (QED) is 0.0832. The van der Waals surface area contributed by atoms with E-state index in [0.717, 1.165) is 30.4 Å². The van der Waals surface area contributed by atoms with E-state index in [4.69, 9.17) is 9.47 Å². The largest absolute Gasteiger partial charge is 0.492 e. The van der Waals surface area contributed by atoms with Gasteiger partial charge < -0.3 is 9.47 Å². The molecule has 0 atom stereocenters. The Morgan fingerprint density at radius 1 is 0.780 bits per heavy atom. The number of carbonyl (C=O) groups excluding carboxylic acids is 1. The van der Waals surface area contributed by atoms with Crippen molar-refractivity contribution >= 4 is 5.97 Å². The predicted octanol–water partition coefficient (Wildman–Crippen LogP) is 9.27. The number of ether oxygens (including phenoxy) is 2. The lowest BCUT2D eigenvalue weighted by atomic mass is 10.1. The SMILES string of the molecule is CCCCCCCCCCc1cnc(-c2ccc(OC(=O)c3ccc(OCCCCCCC)c(C#N)c3)cc2)nc1. The second kappa shape index (κ2) is 18.6. The van der Waals surface area contributed by atoms with Gasteiger partial charge in [0.1, 0.15) is 17.6 Å². The van der Waals surface area contributed by atoms with Gasteiger partial charge in [-0.2, -0.15) is 5.26 Å². The second-order valence-electron chi connectivity index (χ2n) is 10.6. The molecule has 0 aliphatic rings. The predicted molar refractivity (Wildman–Crippen MR) is 164 cm³/mol. The van der Waals surface area contributed by atoms with Crippen molar-refractivity contribution in [1.82, 2.24) is 9.97 Å². The molecule has 0 spiro atoms. The van der Waals surface area contributed by atoms with E-state index < -0.39 is 5.97 Å². The van der Waals surface area contributed by atoms with E-state index in [1.54, 1.807) is 24.3 Å². The summed E-state index contributed by atoms with van der Waals surface area (Å²) in [7, 11) is 0. The van der Waals surface area contributed by atoms with Crippen LogP contribution in [-0.4, -0.2) is 22.5 Å². The van der Waals surface area contributed by atoms with E-state index in [1.165, 1.54) is 76.7 Å². The smallest absolute Gasteiger partial charge is 0.343 e. The van der Waals surface area contributed by atoms with Crippen LogP contribution in [0.5, 0.6) is 11.5 Å². The lowest BCUT2D eigenvalue weighted by molar-refractivity contribution is 0.0734. The number of aromatic nitrogens is 2. The van der Waals surface area contributed by atoms with Crippen LogP contribution >= 0.6 is 0 Å². The molecule has 0 unspecified atom stereocenters. The summed E-state index contributed by atoms with van der Waals surface area (Å²) in [6.45, 7) is 4.99. The number of hydrogen-bond acceptors (Lipinski definition) is 6. The number of carbonyl (C=O) groups is 1. The van der Waals surface area contributed by atoms with Crippen molar-refractivity contribution in [1.29, 1.82) is 5.26 Å². The highest BCUT2D eigenvalue weighted by Crippen LogP contribution is 2.23. The van der Waals surface area contributed by atoms with Gasteiger partial charge in [-0.3, -0.25) is 0 Å². The summed E-state index contributed by atoms with van der Waals surface area (Å²) in [4.78, 5) is 21.8. The standard InChI is InChI=1S/C35H45N3O3/c1-3-5-7-9-10-11-12-14-16-28-26-37-34(38-27-28)29-17-20-32(21-18-29)41-35(39)30-19-22-33(31(24-30)25-36)40-23-15-13-8-6-4-2/h17-22,24,26-27H,3-16,23H2,1-2H3. The van der Waals surface area contributed by atoms with Crippen molar-refractivity contribution in [2.45, 2.75) is 104 Å². The van der Waals surface area contributed by atoms with Crippen molar-refractivity contribution in [3.05, 3.63) is 71.5 Å². The molecule has 1 heterocycles. The monoisotopic (exact) mass is 555 g/mol. The third-order valence-electron chi connectivity index (χ3n) is 7.19. The van der Waals surface area contributed by atoms with Crippen LogP contribution in [0.15, 0.2) is 54.9 Å². The zero-order chi connectivity index (χ0) is 29.1. The number of rotatable bonds is 19. The van der Waals surface area contributed by atoms with Crippen molar-refractivity contribution in [2.24, 2.45) is 0 Å². The highest BCUT2D eigenvalue weighted by Gasteiger charge is 2.13. The van der Waals surface area contributed by atoms with Crippen LogP contribution in [0.4, 0.5) is 0 Å². The molecule has 218 valence electrons. The lowest BCUT2D eigenvalue weighted by Crippen LogP contribution is -2.09. The molecule has 0 amide bonds. The first-order valence-electron chi connectivity index (χ1n) is 15.4. The summed E-state index contributed by atoms with van der Waals surface area (Å²) in [5.41, 5.74) is 2.64. The van der Waals surface area contributed by atoms with Crippen LogP contribution in [0.3, 0.4) is 0 Å². The molecular formula is C35H45N3O3. The summed E-state index contributed by atoms with van der Waals surface area (Å²) in [5.74, 6) is 1.02. The fourth-order valence-corrected chi connectivity index (χ4v) is 4.69. The Bertz CT molecular complexity index is 1220. The van der Waals surface area contributed by atoms with Gasteiger partial charge in [-0.15, -0.1) is 0 Å². The van der Waals surface area contributed by atoms with Crippen LogP contribution in [0.25, 0.3) is 11.4 Å². The molecule has 41 heavy (non-hydrogen) atoms. The average Bonchev–Trinajstić information content (AvgIpc) is 3.01. The van der Waals surface area contributed by atoms with Gasteiger partial charge in [-0.05, 0) is 67.3 Å². The van der Waals surface area contributed by atoms with Gasteiger partial charge in [0, 0.05) is 18.0 Å². The minimum Gasteiger partial charge on any atom is -0.492 e. The molecule has 3 rings (SSSR count). The molecule has 0 bridgehead atoms. The van der Waals surface area contributed by atoms with E-state index in [9.17, 15) is 10.1 Å². The summed E-state index contributed by atoms with van der Waals surface area (Å²) >= 11 is 0. The molecule has 0 aliphatic heterocycles. The molecule has 0 radical (unpaired) electrons. The molecule has 0 N–H and O–H groups in total. The number of nitrogens with zero attached hydrogens (tertiary/aromatic N) is 3. The molecule has 3 aromatic rings. The molecular weight excluding hydrogens is 510 g/mol. The molecule has 0 saturated heterocycles. The zero-order valence-electron chi connectivity index (χ0n) is 24.9. The summed E-state index contributed by atoms with van der Waals surface area (Å²) in [6, 6.07) is 14.1. The Morgan fingerprint density at radius 2 is 1.39 bits per heavy atom. The first kappa shape index (κ1) is 31.8. The Hall–Kier alpha value is -3.72. The Kier molecular flexibility index (Phi) is 14.4. The normalized spacial score (nSPS) is 10.8. The van der Waals surface area contributed by atoms with Gasteiger partial charge >= 0.3 is 5.97 Å². The first-order chi connectivity index (χ1) is 20.1. The van der Waals surface area contributed by atoms with Crippen LogP contribution in [-0.2, 0) is 6.42 Å². The van der Waals surface area contributed by atoms with Gasteiger partial charge in [-0.25, -0.2) is 14.8 Å². The topological polar surface area (TPSA) is 85.1 Å². The van der Waals surface area contributed by atoms with E-state index >= 15 is 0 Å². The maximum absolute atomic E-state index is 12.7. The number of unbranched alkanes of at least 4 members (excludes halogenated alkanes) is 11. The van der Waals surface area contributed by atoms with Crippen LogP contribution in [0, 0.1) is 11.3 Å². The van der Waals surface area contributed by atoms with Crippen molar-refractivity contribution in [2.75, 3.05) is 6.61 Å². The fourth-order valence-electron chi connectivity index (χ4n) is 4.69. The fraction of sp³-hybridized carbons (Fsp3) is 0.486. The van der Waals surface area contributed by atoms with E-state index in [0.29, 0.717) is 35.1 Å². The number of esters is 1. The highest BCUT2D eigenvalue weighted by molar-refractivity contribution is 5.91. The van der Waals surface area contributed by atoms with Gasteiger partial charge in [0.15, 0.2) is 5.82 Å². The van der Waals surface area contributed by atoms with E-state index in [2.05, 4.69) is 29.9 Å². The molecule has 2 aromatic carbocycles. The maximum Gasteiger partial charge on any atom is 0.343 e. The summed E-state index contributed by atoms with van der Waals surface area (Å²) in [5, 5.41) is 9.55. The van der Waals surface area contributed by atoms with Gasteiger partial charge in [0.2, 0.25) is 0 Å². The highest BCUT2D eigenvalue weighted by atomic mass is 16.5. The number of hydrogen-bond donors (Lipinski definition) is 0. The van der Waals surface area contributed by atoms with Crippen LogP contribution in [0.1, 0.15) is 119 Å². The first-order valence-corrected chi connectivity index (χ1v) is 15.4.